The van der Waals surface area contributed by atoms with E-state index in [0.29, 0.717) is 10.6 Å². The molecule has 0 N–H and O–H groups in total. The SMILES string of the molecule is [N-]=[N+]=NCC#Cc1cc(F)ccc1Cl. The van der Waals surface area contributed by atoms with Gasteiger partial charge in [-0.2, -0.15) is 0 Å². The predicted molar refractivity (Wildman–Crippen MR) is 52.3 cm³/mol. The first-order valence-corrected chi connectivity index (χ1v) is 4.06. The number of azide groups is 1. The van der Waals surface area contributed by atoms with Crippen LogP contribution in [0, 0.1) is 17.7 Å². The van der Waals surface area contributed by atoms with Gasteiger partial charge in [-0.1, -0.05) is 28.6 Å². The van der Waals surface area contributed by atoms with Gasteiger partial charge in [0, 0.05) is 10.5 Å². The first kappa shape index (κ1) is 10.4. The van der Waals surface area contributed by atoms with Crippen LogP contribution in [0.3, 0.4) is 0 Å². The number of nitrogens with zero attached hydrogens (tertiary/aromatic N) is 3. The van der Waals surface area contributed by atoms with Gasteiger partial charge in [-0.15, -0.1) is 0 Å². The predicted octanol–water partition coefficient (Wildman–Crippen LogP) is 3.14. The smallest absolute Gasteiger partial charge is 0.124 e. The highest BCUT2D eigenvalue weighted by Crippen LogP contribution is 2.15. The quantitative estimate of drug-likeness (QED) is 0.295. The molecule has 0 bridgehead atoms. The molecule has 0 aliphatic carbocycles. The van der Waals surface area contributed by atoms with Gasteiger partial charge in [-0.3, -0.25) is 0 Å². The Morgan fingerprint density at radius 2 is 2.36 bits per heavy atom. The minimum absolute atomic E-state index is 0.0450. The lowest BCUT2D eigenvalue weighted by atomic mass is 10.2. The molecule has 14 heavy (non-hydrogen) atoms. The number of hydrogen-bond donors (Lipinski definition) is 0. The molecule has 0 atom stereocenters. The summed E-state index contributed by atoms with van der Waals surface area (Å²) >= 11 is 5.74. The molecule has 0 radical (unpaired) electrons. The van der Waals surface area contributed by atoms with Crippen LogP contribution in [-0.4, -0.2) is 6.54 Å². The van der Waals surface area contributed by atoms with Crippen LogP contribution < -0.4 is 0 Å². The lowest BCUT2D eigenvalue weighted by Crippen LogP contribution is -1.80. The summed E-state index contributed by atoms with van der Waals surface area (Å²) in [5.74, 6) is 4.75. The van der Waals surface area contributed by atoms with E-state index in [1.54, 1.807) is 0 Å². The molecule has 1 rings (SSSR count). The Morgan fingerprint density at radius 3 is 3.07 bits per heavy atom. The molecule has 0 saturated carbocycles. The Morgan fingerprint density at radius 1 is 1.57 bits per heavy atom. The van der Waals surface area contributed by atoms with Crippen LogP contribution in [0.15, 0.2) is 23.3 Å². The van der Waals surface area contributed by atoms with Crippen molar-refractivity contribution in [2.24, 2.45) is 5.11 Å². The van der Waals surface area contributed by atoms with Gasteiger partial charge in [0.05, 0.1) is 11.6 Å². The molecule has 0 aromatic heterocycles. The third-order valence-electron chi connectivity index (χ3n) is 1.36. The topological polar surface area (TPSA) is 48.8 Å². The van der Waals surface area contributed by atoms with Gasteiger partial charge in [0.1, 0.15) is 5.82 Å². The third-order valence-corrected chi connectivity index (χ3v) is 1.69. The largest absolute Gasteiger partial charge is 0.207 e. The van der Waals surface area contributed by atoms with Crippen LogP contribution in [-0.2, 0) is 0 Å². The van der Waals surface area contributed by atoms with Crippen LogP contribution >= 0.6 is 11.6 Å². The van der Waals surface area contributed by atoms with Crippen molar-refractivity contribution >= 4 is 11.6 Å². The van der Waals surface area contributed by atoms with Gasteiger partial charge in [0.2, 0.25) is 0 Å². The molecule has 3 nitrogen and oxygen atoms in total. The van der Waals surface area contributed by atoms with Gasteiger partial charge in [0.25, 0.3) is 0 Å². The highest BCUT2D eigenvalue weighted by molar-refractivity contribution is 6.31. The summed E-state index contributed by atoms with van der Waals surface area (Å²) in [4.78, 5) is 2.52. The van der Waals surface area contributed by atoms with E-state index in [0.717, 1.165) is 0 Å². The zero-order chi connectivity index (χ0) is 10.4. The van der Waals surface area contributed by atoms with Crippen LogP contribution in [0.2, 0.25) is 5.02 Å². The van der Waals surface area contributed by atoms with E-state index in [9.17, 15) is 4.39 Å². The number of halogens is 2. The fourth-order valence-electron chi connectivity index (χ4n) is 0.795. The maximum atomic E-state index is 12.7. The minimum atomic E-state index is -0.400. The molecule has 1 aromatic rings. The van der Waals surface area contributed by atoms with Crippen molar-refractivity contribution in [3.8, 4) is 11.8 Å². The Balaban J connectivity index is 2.88. The zero-order valence-corrected chi connectivity index (χ0v) is 7.79. The Hall–Kier alpha value is -1.69. The molecular formula is C9H5ClFN3. The van der Waals surface area contributed by atoms with Crippen LogP contribution in [0.4, 0.5) is 4.39 Å². The van der Waals surface area contributed by atoms with Crippen molar-refractivity contribution in [1.29, 1.82) is 0 Å². The van der Waals surface area contributed by atoms with Gasteiger partial charge >= 0.3 is 0 Å². The van der Waals surface area contributed by atoms with Gasteiger partial charge < -0.3 is 0 Å². The summed E-state index contributed by atoms with van der Waals surface area (Å²) in [6, 6.07) is 3.90. The lowest BCUT2D eigenvalue weighted by Gasteiger charge is -1.94. The summed E-state index contributed by atoms with van der Waals surface area (Å²) < 4.78 is 12.7. The molecule has 0 aliphatic rings. The van der Waals surface area contributed by atoms with E-state index in [4.69, 9.17) is 17.1 Å². The van der Waals surface area contributed by atoms with Crippen LogP contribution in [0.1, 0.15) is 5.56 Å². The fourth-order valence-corrected chi connectivity index (χ4v) is 0.960. The molecule has 0 heterocycles. The number of rotatable bonds is 1. The van der Waals surface area contributed by atoms with Crippen LogP contribution in [0.5, 0.6) is 0 Å². The fraction of sp³-hybridized carbons (Fsp3) is 0.111. The molecule has 1 aromatic carbocycles. The second kappa shape index (κ2) is 5.13. The van der Waals surface area contributed by atoms with Gasteiger partial charge in [-0.25, -0.2) is 4.39 Å². The van der Waals surface area contributed by atoms with Crippen molar-refractivity contribution in [2.45, 2.75) is 0 Å². The van der Waals surface area contributed by atoms with Crippen LogP contribution in [0.25, 0.3) is 10.4 Å². The van der Waals surface area contributed by atoms with E-state index in [2.05, 4.69) is 21.9 Å². The summed E-state index contributed by atoms with van der Waals surface area (Å²) in [5, 5.41) is 3.58. The first-order chi connectivity index (χ1) is 6.74. The summed E-state index contributed by atoms with van der Waals surface area (Å²) in [7, 11) is 0. The monoisotopic (exact) mass is 209 g/mol. The molecule has 0 saturated heterocycles. The number of hydrogen-bond acceptors (Lipinski definition) is 1. The molecule has 5 heteroatoms. The van der Waals surface area contributed by atoms with Crippen molar-refractivity contribution in [3.05, 3.63) is 45.0 Å². The second-order valence-corrected chi connectivity index (χ2v) is 2.72. The maximum Gasteiger partial charge on any atom is 0.124 e. The highest BCUT2D eigenvalue weighted by atomic mass is 35.5. The highest BCUT2D eigenvalue weighted by Gasteiger charge is 1.97. The van der Waals surface area contributed by atoms with Crippen molar-refractivity contribution in [1.82, 2.24) is 0 Å². The minimum Gasteiger partial charge on any atom is -0.207 e. The molecule has 0 aliphatic heterocycles. The molecule has 0 spiro atoms. The van der Waals surface area contributed by atoms with E-state index in [-0.39, 0.29) is 6.54 Å². The lowest BCUT2D eigenvalue weighted by molar-refractivity contribution is 0.627. The van der Waals surface area contributed by atoms with Crippen molar-refractivity contribution < 1.29 is 4.39 Å². The standard InChI is InChI=1S/C9H5ClFN3/c10-9-4-3-8(11)6-7(9)2-1-5-13-14-12/h3-4,6H,5H2. The molecule has 0 unspecified atom stereocenters. The maximum absolute atomic E-state index is 12.7. The van der Waals surface area contributed by atoms with Crippen molar-refractivity contribution in [2.75, 3.05) is 6.54 Å². The van der Waals surface area contributed by atoms with E-state index < -0.39 is 5.82 Å². The summed E-state index contributed by atoms with van der Waals surface area (Å²) in [6.45, 7) is 0.0450. The average Bonchev–Trinajstić information content (AvgIpc) is 2.18. The van der Waals surface area contributed by atoms with E-state index in [1.165, 1.54) is 18.2 Å². The Labute approximate surface area is 85.1 Å². The molecule has 70 valence electrons. The Kier molecular flexibility index (Phi) is 3.81. The van der Waals surface area contributed by atoms with Gasteiger partial charge in [0.15, 0.2) is 0 Å². The molecule has 0 fully saturated rings. The summed E-state index contributed by atoms with van der Waals surface area (Å²) in [5.41, 5.74) is 8.36. The Bertz CT molecular complexity index is 441. The zero-order valence-electron chi connectivity index (χ0n) is 7.04. The first-order valence-electron chi connectivity index (χ1n) is 3.69. The molecule has 0 amide bonds. The third kappa shape index (κ3) is 2.98. The normalized spacial score (nSPS) is 8.43. The van der Waals surface area contributed by atoms with Gasteiger partial charge in [-0.05, 0) is 23.7 Å². The summed E-state index contributed by atoms with van der Waals surface area (Å²) in [6.07, 6.45) is 0. The second-order valence-electron chi connectivity index (χ2n) is 2.31. The van der Waals surface area contributed by atoms with E-state index in [1.807, 2.05) is 0 Å². The van der Waals surface area contributed by atoms with Crippen molar-refractivity contribution in [3.63, 3.8) is 0 Å². The van der Waals surface area contributed by atoms with E-state index >= 15 is 0 Å². The average molecular weight is 210 g/mol. The molecular weight excluding hydrogens is 205 g/mol. The number of benzene rings is 1.